The SMILES string of the molecule is CCS(=O)(=O)N1CCC(Nc2csc3c4c(OCC(=O)O)c(C(=O)O)sc4cc-3c2)CC1. The van der Waals surface area contributed by atoms with Crippen LogP contribution in [0.4, 0.5) is 5.69 Å². The van der Waals surface area contributed by atoms with E-state index < -0.39 is 28.6 Å². The van der Waals surface area contributed by atoms with Gasteiger partial charge in [-0.1, -0.05) is 0 Å². The summed E-state index contributed by atoms with van der Waals surface area (Å²) in [4.78, 5) is 23.3. The zero-order chi connectivity index (χ0) is 23.0. The second-order valence-corrected chi connectivity index (χ2v) is 11.7. The second kappa shape index (κ2) is 8.85. The molecule has 3 aliphatic rings. The van der Waals surface area contributed by atoms with Gasteiger partial charge in [0.05, 0.1) is 11.1 Å². The Balaban J connectivity index is 1.56. The lowest BCUT2D eigenvalue weighted by Crippen LogP contribution is -2.42. The van der Waals surface area contributed by atoms with Crippen molar-refractivity contribution in [1.29, 1.82) is 0 Å². The molecule has 3 heterocycles. The van der Waals surface area contributed by atoms with Crippen LogP contribution in [0.15, 0.2) is 17.5 Å². The van der Waals surface area contributed by atoms with E-state index in [1.807, 2.05) is 17.5 Å². The molecule has 1 saturated heterocycles. The van der Waals surface area contributed by atoms with Crippen LogP contribution in [0.25, 0.3) is 20.5 Å². The monoisotopic (exact) mass is 498 g/mol. The summed E-state index contributed by atoms with van der Waals surface area (Å²) in [5.74, 6) is -2.13. The van der Waals surface area contributed by atoms with Gasteiger partial charge < -0.3 is 20.3 Å². The van der Waals surface area contributed by atoms with Crippen molar-refractivity contribution in [3.8, 4) is 16.2 Å². The number of anilines is 1. The van der Waals surface area contributed by atoms with Crippen LogP contribution in [-0.2, 0) is 14.8 Å². The van der Waals surface area contributed by atoms with Crippen LogP contribution in [0, 0.1) is 0 Å². The Kier molecular flexibility index (Phi) is 6.30. The number of nitrogens with zero attached hydrogens (tertiary/aromatic N) is 1. The van der Waals surface area contributed by atoms with E-state index in [0.717, 1.165) is 32.2 Å². The summed E-state index contributed by atoms with van der Waals surface area (Å²) in [7, 11) is -3.16. The Morgan fingerprint density at radius 2 is 1.97 bits per heavy atom. The minimum atomic E-state index is -3.16. The molecule has 0 saturated carbocycles. The number of fused-ring (bicyclic) bond motifs is 3. The van der Waals surface area contributed by atoms with Crippen molar-refractivity contribution >= 4 is 60.4 Å². The smallest absolute Gasteiger partial charge is 0.349 e. The number of carboxylic acid groups (broad SMARTS) is 2. The van der Waals surface area contributed by atoms with Crippen molar-refractivity contribution in [2.24, 2.45) is 0 Å². The van der Waals surface area contributed by atoms with Gasteiger partial charge in [-0.05, 0) is 37.5 Å². The first-order chi connectivity index (χ1) is 15.2. The molecule has 0 bridgehead atoms. The summed E-state index contributed by atoms with van der Waals surface area (Å²) in [5, 5.41) is 24.4. The van der Waals surface area contributed by atoms with Crippen LogP contribution < -0.4 is 10.1 Å². The van der Waals surface area contributed by atoms with Crippen LogP contribution >= 0.6 is 22.7 Å². The van der Waals surface area contributed by atoms with Crippen molar-refractivity contribution in [3.63, 3.8) is 0 Å². The first kappa shape index (κ1) is 22.8. The highest BCUT2D eigenvalue weighted by Crippen LogP contribution is 2.49. The number of carboxylic acids is 2. The predicted molar refractivity (Wildman–Crippen MR) is 124 cm³/mol. The molecule has 1 aromatic heterocycles. The number of thiophene rings is 1. The summed E-state index contributed by atoms with van der Waals surface area (Å²) in [6, 6.07) is 4.01. The van der Waals surface area contributed by atoms with E-state index in [4.69, 9.17) is 9.84 Å². The van der Waals surface area contributed by atoms with E-state index in [9.17, 15) is 23.1 Å². The molecular weight excluding hydrogens is 476 g/mol. The summed E-state index contributed by atoms with van der Waals surface area (Å²) in [6.07, 6.45) is 1.43. The van der Waals surface area contributed by atoms with Gasteiger partial charge in [-0.3, -0.25) is 0 Å². The van der Waals surface area contributed by atoms with E-state index in [-0.39, 0.29) is 22.4 Å². The number of aromatic carboxylic acids is 1. The van der Waals surface area contributed by atoms with Crippen LogP contribution in [-0.4, -0.2) is 66.4 Å². The fourth-order valence-electron chi connectivity index (χ4n) is 3.84. The lowest BCUT2D eigenvalue weighted by molar-refractivity contribution is -0.139. The van der Waals surface area contributed by atoms with E-state index >= 15 is 0 Å². The molecule has 32 heavy (non-hydrogen) atoms. The molecule has 0 amide bonds. The van der Waals surface area contributed by atoms with E-state index in [1.165, 1.54) is 11.3 Å². The highest BCUT2D eigenvalue weighted by molar-refractivity contribution is 7.89. The van der Waals surface area contributed by atoms with Gasteiger partial charge in [0.25, 0.3) is 0 Å². The van der Waals surface area contributed by atoms with Crippen molar-refractivity contribution < 1.29 is 33.0 Å². The van der Waals surface area contributed by atoms with Gasteiger partial charge in [0.2, 0.25) is 10.0 Å². The minimum absolute atomic E-state index is 0.0126. The van der Waals surface area contributed by atoms with Gasteiger partial charge in [0.15, 0.2) is 17.2 Å². The van der Waals surface area contributed by atoms with Crippen LogP contribution in [0.1, 0.15) is 29.4 Å². The fourth-order valence-corrected chi connectivity index (χ4v) is 7.04. The van der Waals surface area contributed by atoms with Crippen molar-refractivity contribution in [2.75, 3.05) is 30.8 Å². The molecule has 1 aromatic rings. The fraction of sp³-hybridized carbons (Fsp3) is 0.400. The number of nitrogens with one attached hydrogen (secondary N) is 1. The largest absolute Gasteiger partial charge is 0.479 e. The average Bonchev–Trinajstić information content (AvgIpc) is 3.28. The van der Waals surface area contributed by atoms with Crippen molar-refractivity contribution in [2.45, 2.75) is 25.8 Å². The lowest BCUT2D eigenvalue weighted by Gasteiger charge is -2.32. The Labute approximate surface area is 192 Å². The second-order valence-electron chi connectivity index (χ2n) is 7.47. The maximum atomic E-state index is 12.0. The number of carbonyl (C=O) groups is 2. The molecule has 4 rings (SSSR count). The molecule has 0 spiro atoms. The lowest BCUT2D eigenvalue weighted by atomic mass is 10.1. The molecule has 0 unspecified atom stereocenters. The van der Waals surface area contributed by atoms with Gasteiger partial charge >= 0.3 is 11.9 Å². The molecule has 2 aliphatic heterocycles. The molecule has 0 atom stereocenters. The maximum absolute atomic E-state index is 12.0. The maximum Gasteiger partial charge on any atom is 0.349 e. The van der Waals surface area contributed by atoms with Gasteiger partial charge in [0.1, 0.15) is 0 Å². The third-order valence-corrected chi connectivity index (χ3v) is 9.43. The van der Waals surface area contributed by atoms with Gasteiger partial charge in [-0.2, -0.15) is 0 Å². The number of piperidine rings is 1. The van der Waals surface area contributed by atoms with E-state index in [2.05, 4.69) is 5.32 Å². The topological polar surface area (TPSA) is 133 Å². The third-order valence-electron chi connectivity index (χ3n) is 5.40. The molecule has 12 heteroatoms. The van der Waals surface area contributed by atoms with E-state index in [0.29, 0.717) is 31.3 Å². The molecule has 1 aliphatic carbocycles. The van der Waals surface area contributed by atoms with E-state index in [1.54, 1.807) is 11.2 Å². The predicted octanol–water partition coefficient (Wildman–Crippen LogP) is 3.46. The third kappa shape index (κ3) is 4.40. The zero-order valence-electron chi connectivity index (χ0n) is 17.2. The number of rotatable bonds is 8. The Morgan fingerprint density at radius 1 is 1.25 bits per heavy atom. The van der Waals surface area contributed by atoms with Crippen LogP contribution in [0.3, 0.4) is 0 Å². The number of aliphatic carboxylic acids is 1. The van der Waals surface area contributed by atoms with Crippen molar-refractivity contribution in [1.82, 2.24) is 4.31 Å². The summed E-state index contributed by atoms with van der Waals surface area (Å²) in [5.41, 5.74) is 1.81. The molecule has 0 radical (unpaired) electrons. The summed E-state index contributed by atoms with van der Waals surface area (Å²) < 4.78 is 31.7. The standard InChI is InChI=1S/C20H22N2O7S3/c1-2-32(27,28)22-5-3-12(4-6-22)21-13-7-11-8-14-16(18(11)30-10-13)17(29-9-15(23)24)19(31-14)20(25)26/h7-8,10,12,21H,2-6,9H2,1H3,(H,23,24)(H,25,26). The Morgan fingerprint density at radius 3 is 2.59 bits per heavy atom. The number of sulfonamides is 1. The Hall–Kier alpha value is -2.41. The van der Waals surface area contributed by atoms with Gasteiger partial charge in [-0.25, -0.2) is 22.3 Å². The number of ether oxygens (including phenoxy) is 1. The Bertz CT molecular complexity index is 1240. The summed E-state index contributed by atoms with van der Waals surface area (Å²) >= 11 is 2.49. The highest BCUT2D eigenvalue weighted by Gasteiger charge is 2.28. The first-order valence-electron chi connectivity index (χ1n) is 9.99. The number of hydrogen-bond acceptors (Lipinski definition) is 8. The van der Waals surface area contributed by atoms with Crippen LogP contribution in [0.2, 0.25) is 0 Å². The normalized spacial score (nSPS) is 15.9. The molecule has 9 nitrogen and oxygen atoms in total. The van der Waals surface area contributed by atoms with Gasteiger partial charge in [-0.15, -0.1) is 22.7 Å². The average molecular weight is 499 g/mol. The van der Waals surface area contributed by atoms with Gasteiger partial charge in [0, 0.05) is 39.8 Å². The van der Waals surface area contributed by atoms with Crippen molar-refractivity contribution in [3.05, 3.63) is 22.4 Å². The molecular formula is C20H22N2O7S3. The molecule has 3 N–H and O–H groups in total. The zero-order valence-corrected chi connectivity index (χ0v) is 19.6. The minimum Gasteiger partial charge on any atom is -0.479 e. The van der Waals surface area contributed by atoms with Crippen LogP contribution in [0.5, 0.6) is 5.75 Å². The quantitative estimate of drug-likeness (QED) is 0.430. The molecule has 1 fully saturated rings. The molecule has 0 aromatic carbocycles. The summed E-state index contributed by atoms with van der Waals surface area (Å²) in [6.45, 7) is 2.02. The number of hydrogen-bond donors (Lipinski definition) is 3. The highest BCUT2D eigenvalue weighted by atomic mass is 32.2. The molecule has 172 valence electrons. The first-order valence-corrected chi connectivity index (χ1v) is 13.3.